The summed E-state index contributed by atoms with van der Waals surface area (Å²) in [4.78, 5) is 25.1. The highest BCUT2D eigenvalue weighted by molar-refractivity contribution is 7.92. The zero-order valence-electron chi connectivity index (χ0n) is 18.0. The number of hydrogen-bond acceptors (Lipinski definition) is 5. The highest BCUT2D eigenvalue weighted by Crippen LogP contribution is 2.43. The summed E-state index contributed by atoms with van der Waals surface area (Å²) in [5.41, 5.74) is -3.52. The Hall–Kier alpha value is -2.15. The molecule has 0 aliphatic heterocycles. The van der Waals surface area contributed by atoms with Crippen LogP contribution in [0.3, 0.4) is 0 Å². The molecule has 1 aromatic heterocycles. The van der Waals surface area contributed by atoms with E-state index in [1.165, 1.54) is 0 Å². The van der Waals surface area contributed by atoms with Gasteiger partial charge in [0.2, 0.25) is 0 Å². The largest absolute Gasteiger partial charge is 0.416 e. The number of amides is 1. The van der Waals surface area contributed by atoms with Crippen LogP contribution in [0.4, 0.5) is 26.3 Å². The number of Topliss-reactive ketones (excluding diaryl/α,β-unsaturated/α-hetero) is 1. The van der Waals surface area contributed by atoms with Gasteiger partial charge in [0.05, 0.1) is 16.0 Å². The van der Waals surface area contributed by atoms with Crippen LogP contribution in [0.25, 0.3) is 0 Å². The number of nitrogens with one attached hydrogen (secondary N) is 1. The van der Waals surface area contributed by atoms with Crippen molar-refractivity contribution in [1.82, 2.24) is 5.32 Å². The second kappa shape index (κ2) is 8.90. The number of fused-ring (bicyclic) bond motifs is 1. The number of rotatable bonds is 5. The van der Waals surface area contributed by atoms with E-state index < -0.39 is 57.0 Å². The summed E-state index contributed by atoms with van der Waals surface area (Å²) in [6.07, 6.45) is -8.60. The van der Waals surface area contributed by atoms with E-state index in [0.29, 0.717) is 24.3 Å². The zero-order chi connectivity index (χ0) is 25.6. The van der Waals surface area contributed by atoms with E-state index in [0.717, 1.165) is 6.26 Å². The lowest BCUT2D eigenvalue weighted by Gasteiger charge is -2.29. The fraction of sp³-hybridized carbons (Fsp3) is 0.500. The second-order valence-electron chi connectivity index (χ2n) is 8.48. The molecule has 1 aliphatic rings. The molecule has 1 aliphatic carbocycles. The van der Waals surface area contributed by atoms with Crippen LogP contribution in [0.5, 0.6) is 0 Å². The maximum Gasteiger partial charge on any atom is 0.416 e. The van der Waals surface area contributed by atoms with Crippen LogP contribution in [0, 0.1) is 5.41 Å². The molecule has 2 rings (SSSR count). The van der Waals surface area contributed by atoms with Gasteiger partial charge in [0.1, 0.15) is 4.21 Å². The SMILES string of the molecule is C/C(=C\C(=C/CNC(=O)c1sc(S(C)(=O)=O)c2c1CC(C)(C)CC2=O)C(F)(F)F)C(F)(F)F. The van der Waals surface area contributed by atoms with E-state index >= 15 is 0 Å². The Labute approximate surface area is 190 Å². The summed E-state index contributed by atoms with van der Waals surface area (Å²) in [6.45, 7) is 3.22. The lowest BCUT2D eigenvalue weighted by Crippen LogP contribution is -2.30. The number of hydrogen-bond donors (Lipinski definition) is 1. The maximum atomic E-state index is 13.1. The molecule has 33 heavy (non-hydrogen) atoms. The van der Waals surface area contributed by atoms with E-state index in [1.54, 1.807) is 13.8 Å². The topological polar surface area (TPSA) is 80.3 Å². The zero-order valence-corrected chi connectivity index (χ0v) is 19.6. The minimum Gasteiger partial charge on any atom is -0.348 e. The molecule has 1 aromatic rings. The Morgan fingerprint density at radius 1 is 1.12 bits per heavy atom. The smallest absolute Gasteiger partial charge is 0.348 e. The molecule has 0 unspecified atom stereocenters. The molecule has 0 saturated carbocycles. The van der Waals surface area contributed by atoms with Crippen molar-refractivity contribution in [2.75, 3.05) is 12.8 Å². The molecular formula is C20H21F6NO4S2. The van der Waals surface area contributed by atoms with Crippen LogP contribution < -0.4 is 5.32 Å². The van der Waals surface area contributed by atoms with Crippen molar-refractivity contribution < 1.29 is 44.3 Å². The summed E-state index contributed by atoms with van der Waals surface area (Å²) in [5.74, 6) is -1.38. The van der Waals surface area contributed by atoms with Gasteiger partial charge in [-0.05, 0) is 30.4 Å². The van der Waals surface area contributed by atoms with Gasteiger partial charge in [-0.2, -0.15) is 26.3 Å². The first kappa shape index (κ1) is 27.1. The summed E-state index contributed by atoms with van der Waals surface area (Å²) >= 11 is 0.549. The van der Waals surface area contributed by atoms with Gasteiger partial charge in [0, 0.05) is 24.8 Å². The van der Waals surface area contributed by atoms with E-state index in [4.69, 9.17) is 0 Å². The average Bonchev–Trinajstić information content (AvgIpc) is 2.97. The van der Waals surface area contributed by atoms with Gasteiger partial charge in [0.25, 0.3) is 5.91 Å². The van der Waals surface area contributed by atoms with Crippen molar-refractivity contribution in [2.45, 2.75) is 50.2 Å². The van der Waals surface area contributed by atoms with Crippen LogP contribution in [0.1, 0.15) is 52.8 Å². The summed E-state index contributed by atoms with van der Waals surface area (Å²) < 4.78 is 101. The Balaban J connectivity index is 2.40. The van der Waals surface area contributed by atoms with Gasteiger partial charge in [-0.3, -0.25) is 9.59 Å². The number of halogens is 6. The standard InChI is InChI=1S/C20H21F6NO4S2/c1-10(19(21,22)23)7-11(20(24,25)26)5-6-27-16(29)15-12-8-18(2,3)9-13(28)14(12)17(32-15)33(4,30)31/h5,7H,6,8-9H2,1-4H3,(H,27,29)/b10-7+,11-5+. The van der Waals surface area contributed by atoms with E-state index in [-0.39, 0.29) is 39.1 Å². The number of thiophene rings is 1. The van der Waals surface area contributed by atoms with Gasteiger partial charge in [-0.1, -0.05) is 19.9 Å². The Morgan fingerprint density at radius 3 is 2.18 bits per heavy atom. The first-order chi connectivity index (χ1) is 14.7. The molecule has 184 valence electrons. The molecule has 0 radical (unpaired) electrons. The van der Waals surface area contributed by atoms with Crippen molar-refractivity contribution in [1.29, 1.82) is 0 Å². The number of allylic oxidation sites excluding steroid dienone is 3. The van der Waals surface area contributed by atoms with Gasteiger partial charge >= 0.3 is 12.4 Å². The first-order valence-corrected chi connectivity index (χ1v) is 12.1. The number of sulfone groups is 1. The third-order valence-electron chi connectivity index (χ3n) is 4.82. The molecule has 0 fully saturated rings. The summed E-state index contributed by atoms with van der Waals surface area (Å²) in [5, 5.41) is 2.15. The minimum absolute atomic E-state index is 0.0584. The molecule has 13 heteroatoms. The van der Waals surface area contributed by atoms with Gasteiger partial charge in [0.15, 0.2) is 15.6 Å². The monoisotopic (exact) mass is 517 g/mol. The van der Waals surface area contributed by atoms with Crippen LogP contribution in [0.15, 0.2) is 27.5 Å². The third kappa shape index (κ3) is 6.46. The average molecular weight is 518 g/mol. The number of carbonyl (C=O) groups excluding carboxylic acids is 2. The van der Waals surface area contributed by atoms with Gasteiger partial charge in [-0.15, -0.1) is 11.3 Å². The van der Waals surface area contributed by atoms with Crippen molar-refractivity contribution in [3.8, 4) is 0 Å². The Morgan fingerprint density at radius 2 is 1.70 bits per heavy atom. The molecule has 1 N–H and O–H groups in total. The minimum atomic E-state index is -5.10. The molecule has 0 atom stereocenters. The lowest BCUT2D eigenvalue weighted by atomic mass is 9.74. The van der Waals surface area contributed by atoms with E-state index in [9.17, 15) is 44.3 Å². The molecule has 1 amide bonds. The molecule has 0 bridgehead atoms. The number of carbonyl (C=O) groups is 2. The van der Waals surface area contributed by atoms with Gasteiger partial charge in [-0.25, -0.2) is 8.42 Å². The molecule has 0 aromatic carbocycles. The van der Waals surface area contributed by atoms with Crippen molar-refractivity contribution in [2.24, 2.45) is 5.41 Å². The molecule has 0 saturated heterocycles. The fourth-order valence-corrected chi connectivity index (χ4v) is 5.76. The van der Waals surface area contributed by atoms with E-state index in [2.05, 4.69) is 5.32 Å². The lowest BCUT2D eigenvalue weighted by molar-refractivity contribution is -0.0954. The predicted molar refractivity (Wildman–Crippen MR) is 110 cm³/mol. The van der Waals surface area contributed by atoms with Crippen molar-refractivity contribution >= 4 is 32.9 Å². The Kier molecular flexibility index (Phi) is 7.30. The van der Waals surface area contributed by atoms with Crippen LogP contribution in [-0.2, 0) is 16.3 Å². The second-order valence-corrected chi connectivity index (χ2v) is 11.7. The normalized spacial score (nSPS) is 17.7. The number of ketones is 1. The highest BCUT2D eigenvalue weighted by atomic mass is 32.2. The quantitative estimate of drug-likeness (QED) is 0.439. The van der Waals surface area contributed by atoms with Crippen LogP contribution in [0.2, 0.25) is 0 Å². The number of alkyl halides is 6. The van der Waals surface area contributed by atoms with Crippen molar-refractivity contribution in [3.63, 3.8) is 0 Å². The van der Waals surface area contributed by atoms with Crippen LogP contribution >= 0.6 is 11.3 Å². The highest BCUT2D eigenvalue weighted by Gasteiger charge is 2.40. The maximum absolute atomic E-state index is 13.1. The third-order valence-corrected chi connectivity index (χ3v) is 7.88. The predicted octanol–water partition coefficient (Wildman–Crippen LogP) is 5.03. The first-order valence-electron chi connectivity index (χ1n) is 9.44. The molecule has 0 spiro atoms. The summed E-state index contributed by atoms with van der Waals surface area (Å²) in [6, 6.07) is 0. The van der Waals surface area contributed by atoms with E-state index in [1.807, 2.05) is 0 Å². The Bertz CT molecular complexity index is 1140. The summed E-state index contributed by atoms with van der Waals surface area (Å²) in [7, 11) is -3.87. The molecule has 1 heterocycles. The van der Waals surface area contributed by atoms with Crippen molar-refractivity contribution in [3.05, 3.63) is 39.3 Å². The molecular weight excluding hydrogens is 496 g/mol. The fourth-order valence-electron chi connectivity index (χ4n) is 3.31. The van der Waals surface area contributed by atoms with Crippen LogP contribution in [-0.4, -0.2) is 45.3 Å². The molecule has 5 nitrogen and oxygen atoms in total. The van der Waals surface area contributed by atoms with Gasteiger partial charge < -0.3 is 5.32 Å².